The van der Waals surface area contributed by atoms with Crippen LogP contribution >= 0.6 is 0 Å². The van der Waals surface area contributed by atoms with E-state index in [4.69, 9.17) is 5.73 Å². The fraction of sp³-hybridized carbons (Fsp3) is 1.00. The van der Waals surface area contributed by atoms with Gasteiger partial charge in [-0.25, -0.2) is 17.2 Å². The lowest BCUT2D eigenvalue weighted by Crippen LogP contribution is -2.49. The molecule has 1 heterocycles. The second kappa shape index (κ2) is 3.41. The van der Waals surface area contributed by atoms with Crippen LogP contribution < -0.4 is 5.73 Å². The Bertz CT molecular complexity index is 299. The van der Waals surface area contributed by atoms with Gasteiger partial charge in [0.25, 0.3) is 5.92 Å². The molecule has 0 saturated carbocycles. The highest BCUT2D eigenvalue weighted by atomic mass is 32.2. The standard InChI is InChI=1S/C8H15F2NO2S/c1-7(8(9,10)6-11)2-4-14(12,13)5-3-7/h2-6,11H2,1H3. The first kappa shape index (κ1) is 11.8. The van der Waals surface area contributed by atoms with Crippen molar-refractivity contribution < 1.29 is 17.2 Å². The lowest BCUT2D eigenvalue weighted by Gasteiger charge is -2.39. The highest BCUT2D eigenvalue weighted by Crippen LogP contribution is 2.44. The number of halogens is 2. The number of hydrogen-bond donors (Lipinski definition) is 1. The molecule has 0 aromatic heterocycles. The summed E-state index contributed by atoms with van der Waals surface area (Å²) in [5, 5.41) is 0. The molecule has 1 fully saturated rings. The van der Waals surface area contributed by atoms with Gasteiger partial charge in [0.15, 0.2) is 0 Å². The third-order valence-corrected chi connectivity index (χ3v) is 4.72. The molecule has 1 aliphatic heterocycles. The molecular formula is C8H15F2NO2S. The van der Waals surface area contributed by atoms with Gasteiger partial charge in [0, 0.05) is 5.41 Å². The van der Waals surface area contributed by atoms with Crippen LogP contribution in [0.4, 0.5) is 8.78 Å². The summed E-state index contributed by atoms with van der Waals surface area (Å²) in [4.78, 5) is 0. The van der Waals surface area contributed by atoms with E-state index in [0.29, 0.717) is 0 Å². The van der Waals surface area contributed by atoms with Crippen LogP contribution in [0.2, 0.25) is 0 Å². The summed E-state index contributed by atoms with van der Waals surface area (Å²) in [6.45, 7) is 0.693. The van der Waals surface area contributed by atoms with Crippen molar-refractivity contribution in [2.45, 2.75) is 25.7 Å². The summed E-state index contributed by atoms with van der Waals surface area (Å²) < 4.78 is 48.9. The fourth-order valence-corrected chi connectivity index (χ4v) is 3.33. The van der Waals surface area contributed by atoms with Gasteiger partial charge >= 0.3 is 0 Å². The van der Waals surface area contributed by atoms with Crippen molar-refractivity contribution in [2.75, 3.05) is 18.1 Å². The maximum atomic E-state index is 13.4. The molecule has 0 atom stereocenters. The van der Waals surface area contributed by atoms with E-state index in [-0.39, 0.29) is 24.3 Å². The lowest BCUT2D eigenvalue weighted by atomic mass is 9.78. The second-order valence-electron chi connectivity index (χ2n) is 4.12. The number of rotatable bonds is 2. The Labute approximate surface area is 82.6 Å². The van der Waals surface area contributed by atoms with Crippen LogP contribution in [0.1, 0.15) is 19.8 Å². The van der Waals surface area contributed by atoms with Gasteiger partial charge in [-0.05, 0) is 12.8 Å². The smallest absolute Gasteiger partial charge is 0.265 e. The zero-order valence-electron chi connectivity index (χ0n) is 8.09. The van der Waals surface area contributed by atoms with Crippen molar-refractivity contribution in [2.24, 2.45) is 11.1 Å². The number of hydrogen-bond acceptors (Lipinski definition) is 3. The summed E-state index contributed by atoms with van der Waals surface area (Å²) in [6.07, 6.45) is -0.000926. The SMILES string of the molecule is CC1(C(F)(F)CN)CCS(=O)(=O)CC1. The van der Waals surface area contributed by atoms with Gasteiger partial charge in [-0.3, -0.25) is 0 Å². The first-order valence-electron chi connectivity index (χ1n) is 4.51. The number of sulfone groups is 1. The Kier molecular flexibility index (Phi) is 2.89. The summed E-state index contributed by atoms with van der Waals surface area (Å²) in [6, 6.07) is 0. The summed E-state index contributed by atoms with van der Waals surface area (Å²) in [5.74, 6) is -3.28. The molecule has 0 aliphatic carbocycles. The molecule has 1 saturated heterocycles. The fourth-order valence-electron chi connectivity index (χ4n) is 1.60. The Balaban J connectivity index is 2.81. The summed E-state index contributed by atoms with van der Waals surface area (Å²) in [7, 11) is -3.10. The molecule has 0 bridgehead atoms. The normalized spacial score (nSPS) is 26.0. The Morgan fingerprint density at radius 1 is 1.36 bits per heavy atom. The number of nitrogens with two attached hydrogens (primary N) is 1. The molecule has 0 radical (unpaired) electrons. The molecule has 0 amide bonds. The van der Waals surface area contributed by atoms with Crippen molar-refractivity contribution in [1.82, 2.24) is 0 Å². The van der Waals surface area contributed by atoms with Crippen molar-refractivity contribution in [3.05, 3.63) is 0 Å². The van der Waals surface area contributed by atoms with Gasteiger partial charge in [-0.1, -0.05) is 6.92 Å². The van der Waals surface area contributed by atoms with Crippen LogP contribution in [0.25, 0.3) is 0 Å². The van der Waals surface area contributed by atoms with E-state index in [1.54, 1.807) is 0 Å². The minimum absolute atomic E-state index is 0.000463. The van der Waals surface area contributed by atoms with E-state index >= 15 is 0 Å². The monoisotopic (exact) mass is 227 g/mol. The maximum absolute atomic E-state index is 13.4. The highest BCUT2D eigenvalue weighted by Gasteiger charge is 2.51. The molecule has 0 spiro atoms. The quantitative estimate of drug-likeness (QED) is 0.759. The molecule has 3 nitrogen and oxygen atoms in total. The molecule has 2 N–H and O–H groups in total. The van der Waals surface area contributed by atoms with Gasteiger partial charge in [0.05, 0.1) is 18.1 Å². The molecule has 0 aromatic carbocycles. The van der Waals surface area contributed by atoms with Crippen molar-refractivity contribution >= 4 is 9.84 Å². The lowest BCUT2D eigenvalue weighted by molar-refractivity contribution is -0.110. The van der Waals surface area contributed by atoms with Gasteiger partial charge in [0.1, 0.15) is 9.84 Å². The summed E-state index contributed by atoms with van der Waals surface area (Å²) >= 11 is 0. The second-order valence-corrected chi connectivity index (χ2v) is 6.42. The van der Waals surface area contributed by atoms with E-state index in [0.717, 1.165) is 0 Å². The van der Waals surface area contributed by atoms with Crippen LogP contribution in [0, 0.1) is 5.41 Å². The molecule has 1 aliphatic rings. The molecule has 1 rings (SSSR count). The third kappa shape index (κ3) is 2.06. The highest BCUT2D eigenvalue weighted by molar-refractivity contribution is 7.91. The Morgan fingerprint density at radius 2 is 1.79 bits per heavy atom. The van der Waals surface area contributed by atoms with Crippen LogP contribution in [0.15, 0.2) is 0 Å². The van der Waals surface area contributed by atoms with Crippen LogP contribution in [0.5, 0.6) is 0 Å². The molecule has 6 heteroatoms. The number of alkyl halides is 2. The van der Waals surface area contributed by atoms with Gasteiger partial charge in [0.2, 0.25) is 0 Å². The zero-order valence-corrected chi connectivity index (χ0v) is 8.91. The van der Waals surface area contributed by atoms with E-state index < -0.39 is 27.7 Å². The minimum atomic E-state index is -3.10. The van der Waals surface area contributed by atoms with E-state index in [1.165, 1.54) is 6.92 Å². The van der Waals surface area contributed by atoms with Crippen molar-refractivity contribution in [3.63, 3.8) is 0 Å². The van der Waals surface area contributed by atoms with Gasteiger partial charge in [-0.2, -0.15) is 0 Å². The molecule has 84 valence electrons. The predicted molar refractivity (Wildman–Crippen MR) is 50.0 cm³/mol. The maximum Gasteiger partial charge on any atom is 0.265 e. The van der Waals surface area contributed by atoms with E-state index in [1.807, 2.05) is 0 Å². The predicted octanol–water partition coefficient (Wildman–Crippen LogP) is 0.795. The minimum Gasteiger partial charge on any atom is -0.325 e. The van der Waals surface area contributed by atoms with Crippen LogP contribution in [0.3, 0.4) is 0 Å². The average Bonchev–Trinajstić information content (AvgIpc) is 2.10. The van der Waals surface area contributed by atoms with Gasteiger partial charge < -0.3 is 5.73 Å². The van der Waals surface area contributed by atoms with Gasteiger partial charge in [-0.15, -0.1) is 0 Å². The first-order valence-corrected chi connectivity index (χ1v) is 6.33. The van der Waals surface area contributed by atoms with Crippen LogP contribution in [-0.2, 0) is 9.84 Å². The largest absolute Gasteiger partial charge is 0.325 e. The Hall–Kier alpha value is -0.230. The third-order valence-electron chi connectivity index (χ3n) is 3.07. The average molecular weight is 227 g/mol. The molecule has 14 heavy (non-hydrogen) atoms. The van der Waals surface area contributed by atoms with Crippen molar-refractivity contribution in [1.29, 1.82) is 0 Å². The topological polar surface area (TPSA) is 60.2 Å². The Morgan fingerprint density at radius 3 is 2.14 bits per heavy atom. The van der Waals surface area contributed by atoms with Crippen molar-refractivity contribution in [3.8, 4) is 0 Å². The first-order chi connectivity index (χ1) is 6.22. The zero-order chi connectivity index (χ0) is 11.0. The summed E-state index contributed by atoms with van der Waals surface area (Å²) in [5.41, 5.74) is 3.73. The van der Waals surface area contributed by atoms with E-state index in [2.05, 4.69) is 0 Å². The molecule has 0 unspecified atom stereocenters. The van der Waals surface area contributed by atoms with E-state index in [9.17, 15) is 17.2 Å². The molecule has 0 aromatic rings. The molecular weight excluding hydrogens is 212 g/mol. The van der Waals surface area contributed by atoms with Crippen LogP contribution in [-0.4, -0.2) is 32.4 Å².